The van der Waals surface area contributed by atoms with E-state index in [0.29, 0.717) is 16.1 Å². The van der Waals surface area contributed by atoms with Crippen LogP contribution < -0.4 is 9.79 Å². The predicted octanol–water partition coefficient (Wildman–Crippen LogP) is 3.18. The summed E-state index contributed by atoms with van der Waals surface area (Å²) in [7, 11) is 0. The third-order valence-corrected chi connectivity index (χ3v) is 4.62. The van der Waals surface area contributed by atoms with Crippen LogP contribution in [-0.2, 0) is 6.54 Å². The number of para-hydroxylation sites is 2. The summed E-state index contributed by atoms with van der Waals surface area (Å²) in [5, 5.41) is 17.6. The molecule has 0 saturated carbocycles. The van der Waals surface area contributed by atoms with Crippen LogP contribution >= 0.6 is 11.6 Å². The fourth-order valence-electron chi connectivity index (χ4n) is 2.95. The Balaban J connectivity index is 1.70. The molecule has 3 aromatic carbocycles. The molecule has 28 heavy (non-hydrogen) atoms. The second-order valence-electron chi connectivity index (χ2n) is 6.27. The lowest BCUT2D eigenvalue weighted by Gasteiger charge is -2.08. The molecule has 0 N–H and O–H groups in total. The van der Waals surface area contributed by atoms with Gasteiger partial charge in [-0.3, -0.25) is 4.79 Å². The molecule has 6 heteroatoms. The zero-order valence-corrected chi connectivity index (χ0v) is 15.6. The zero-order chi connectivity index (χ0) is 19.5. The fourth-order valence-corrected chi connectivity index (χ4v) is 3.08. The second-order valence-corrected chi connectivity index (χ2v) is 6.71. The summed E-state index contributed by atoms with van der Waals surface area (Å²) in [4.78, 5) is 12.6. The minimum atomic E-state index is -0.162. The van der Waals surface area contributed by atoms with Gasteiger partial charge in [0.05, 0.1) is 5.21 Å². The van der Waals surface area contributed by atoms with Crippen LogP contribution in [0.15, 0.2) is 78.9 Å². The highest BCUT2D eigenvalue weighted by Gasteiger charge is 2.19. The van der Waals surface area contributed by atoms with Gasteiger partial charge in [-0.15, -0.1) is 9.36 Å². The molecule has 0 amide bonds. The van der Waals surface area contributed by atoms with Crippen LogP contribution in [0.5, 0.6) is 0 Å². The monoisotopic (exact) mass is 389 g/mol. The number of benzene rings is 3. The molecule has 1 heterocycles. The first-order chi connectivity index (χ1) is 13.6. The van der Waals surface area contributed by atoms with E-state index in [9.17, 15) is 9.90 Å². The summed E-state index contributed by atoms with van der Waals surface area (Å²) in [6, 6.07) is 23.2. The Hall–Kier alpha value is -3.44. The molecule has 4 rings (SSSR count). The Morgan fingerprint density at radius 1 is 0.964 bits per heavy atom. The number of aromatic nitrogens is 3. The third kappa shape index (κ3) is 3.66. The van der Waals surface area contributed by atoms with Crippen molar-refractivity contribution in [2.45, 2.75) is 6.54 Å². The largest absolute Gasteiger partial charge is 0.870 e. The van der Waals surface area contributed by atoms with Crippen molar-refractivity contribution >= 4 is 40.4 Å². The topological polar surface area (TPSA) is 61.8 Å². The lowest BCUT2D eigenvalue weighted by Crippen LogP contribution is -2.40. The quantitative estimate of drug-likeness (QED) is 0.299. The van der Waals surface area contributed by atoms with Crippen LogP contribution in [0.1, 0.15) is 15.9 Å². The van der Waals surface area contributed by atoms with Crippen LogP contribution in [0.4, 0.5) is 0 Å². The number of rotatable bonds is 5. The van der Waals surface area contributed by atoms with E-state index in [4.69, 9.17) is 11.6 Å². The Bertz CT molecular complexity index is 1170. The Morgan fingerprint density at radius 2 is 1.64 bits per heavy atom. The molecule has 0 spiro atoms. The normalized spacial score (nSPS) is 11.7. The number of halogens is 1. The molecule has 5 nitrogen and oxygen atoms in total. The first-order valence-electron chi connectivity index (χ1n) is 8.72. The lowest BCUT2D eigenvalue weighted by molar-refractivity contribution is -0.719. The van der Waals surface area contributed by atoms with Gasteiger partial charge in [0.1, 0.15) is 6.20 Å². The van der Waals surface area contributed by atoms with E-state index in [1.54, 1.807) is 41.1 Å². The van der Waals surface area contributed by atoms with Gasteiger partial charge < -0.3 is 5.11 Å². The van der Waals surface area contributed by atoms with Crippen molar-refractivity contribution in [3.05, 3.63) is 95.0 Å². The first-order valence-corrected chi connectivity index (χ1v) is 9.10. The van der Waals surface area contributed by atoms with Gasteiger partial charge in [-0.2, -0.15) is 0 Å². The predicted molar refractivity (Wildman–Crippen MR) is 106 cm³/mol. The molecule has 1 aromatic heterocycles. The number of hydrogen-bond donors (Lipinski definition) is 0. The molecule has 0 bridgehead atoms. The molecule has 0 fully saturated rings. The molecule has 4 aromatic rings. The standard InChI is InChI=1S/C22H16ClN3O2/c23-18-12-10-17(11-13-18)22(28)15-26-20-9-5-4-8-19(20)25(24-26)14-21(27)16-6-2-1-3-7-16/h1-14H,15H2. The molecule has 0 radical (unpaired) electrons. The number of Topliss-reactive ketones (excluding diaryl/α,β-unsaturated/α-hetero) is 1. The number of ketones is 1. The first kappa shape index (κ1) is 17.9. The van der Waals surface area contributed by atoms with E-state index in [1.165, 1.54) is 10.9 Å². The van der Waals surface area contributed by atoms with E-state index in [-0.39, 0.29) is 18.1 Å². The molecular weight excluding hydrogens is 374 g/mol. The van der Waals surface area contributed by atoms with Crippen molar-refractivity contribution in [1.29, 1.82) is 0 Å². The van der Waals surface area contributed by atoms with Crippen molar-refractivity contribution < 1.29 is 14.6 Å². The maximum Gasteiger partial charge on any atom is 0.206 e. The lowest BCUT2D eigenvalue weighted by atomic mass is 10.1. The molecule has 0 aliphatic carbocycles. The zero-order valence-electron chi connectivity index (χ0n) is 14.8. The molecule has 0 atom stereocenters. The Morgan fingerprint density at radius 3 is 2.39 bits per heavy atom. The molecule has 138 valence electrons. The summed E-state index contributed by atoms with van der Waals surface area (Å²) < 4.78 is 3.11. The summed E-state index contributed by atoms with van der Waals surface area (Å²) in [6.07, 6.45) is 1.43. The van der Waals surface area contributed by atoms with Gasteiger partial charge in [-0.05, 0) is 42.0 Å². The van der Waals surface area contributed by atoms with Crippen molar-refractivity contribution in [1.82, 2.24) is 9.90 Å². The Labute approximate surface area is 166 Å². The highest BCUT2D eigenvalue weighted by atomic mass is 35.5. The van der Waals surface area contributed by atoms with Crippen molar-refractivity contribution in [3.63, 3.8) is 0 Å². The van der Waals surface area contributed by atoms with E-state index in [1.807, 2.05) is 42.5 Å². The summed E-state index contributed by atoms with van der Waals surface area (Å²) in [5.41, 5.74) is 2.64. The van der Waals surface area contributed by atoms with Crippen molar-refractivity contribution in [3.8, 4) is 0 Å². The van der Waals surface area contributed by atoms with Crippen LogP contribution in [0.3, 0.4) is 0 Å². The Kier molecular flexibility index (Phi) is 4.91. The average molecular weight is 390 g/mol. The van der Waals surface area contributed by atoms with Crippen molar-refractivity contribution in [2.24, 2.45) is 0 Å². The summed E-state index contributed by atoms with van der Waals surface area (Å²) in [5.74, 6) is -0.253. The molecule has 0 aliphatic heterocycles. The molecular formula is C22H16ClN3O2. The van der Waals surface area contributed by atoms with E-state index in [2.05, 4.69) is 5.21 Å². The maximum atomic E-state index is 12.6. The molecule has 0 saturated heterocycles. The van der Waals surface area contributed by atoms with Gasteiger partial charge in [0.15, 0.2) is 12.1 Å². The fraction of sp³-hybridized carbons (Fsp3) is 0.0455. The maximum absolute atomic E-state index is 12.6. The van der Waals surface area contributed by atoms with Gasteiger partial charge in [0.2, 0.25) is 11.3 Å². The smallest absolute Gasteiger partial charge is 0.206 e. The molecule has 0 unspecified atom stereocenters. The van der Waals surface area contributed by atoms with Gasteiger partial charge in [-0.1, -0.05) is 59.8 Å². The van der Waals surface area contributed by atoms with Gasteiger partial charge in [0.25, 0.3) is 0 Å². The van der Waals surface area contributed by atoms with Crippen LogP contribution in [0.2, 0.25) is 5.02 Å². The number of carbonyl (C=O) groups is 1. The van der Waals surface area contributed by atoms with E-state index >= 15 is 0 Å². The summed E-state index contributed by atoms with van der Waals surface area (Å²) >= 11 is 5.89. The number of carbonyl (C=O) groups excluding carboxylic acids is 1. The number of hydrogen-bond acceptors (Lipinski definition) is 3. The molecule has 0 aliphatic rings. The highest BCUT2D eigenvalue weighted by Crippen LogP contribution is 2.14. The number of fused-ring (bicyclic) bond motifs is 1. The third-order valence-electron chi connectivity index (χ3n) is 4.37. The van der Waals surface area contributed by atoms with E-state index < -0.39 is 0 Å². The van der Waals surface area contributed by atoms with E-state index in [0.717, 1.165) is 11.0 Å². The van der Waals surface area contributed by atoms with Crippen LogP contribution in [0, 0.1) is 0 Å². The van der Waals surface area contributed by atoms with Gasteiger partial charge >= 0.3 is 0 Å². The van der Waals surface area contributed by atoms with Gasteiger partial charge in [0, 0.05) is 10.6 Å². The average Bonchev–Trinajstić information content (AvgIpc) is 3.06. The van der Waals surface area contributed by atoms with Gasteiger partial charge in [-0.25, -0.2) is 0 Å². The minimum Gasteiger partial charge on any atom is -0.870 e. The summed E-state index contributed by atoms with van der Waals surface area (Å²) in [6.45, 7) is 0.0580. The van der Waals surface area contributed by atoms with Crippen LogP contribution in [0.25, 0.3) is 23.0 Å². The minimum absolute atomic E-state index is 0.0580. The second kappa shape index (κ2) is 7.66. The van der Waals surface area contributed by atoms with Crippen molar-refractivity contribution in [2.75, 3.05) is 0 Å². The highest BCUT2D eigenvalue weighted by molar-refractivity contribution is 6.30. The SMILES string of the molecule is O=C(C[n+]1nn(/C=C(\[O-])c2ccccc2)c2ccccc21)c1ccc(Cl)cc1. The number of nitrogens with zero attached hydrogens (tertiary/aromatic N) is 3. The van der Waals surface area contributed by atoms with Crippen LogP contribution in [-0.4, -0.2) is 15.7 Å².